The Balaban J connectivity index is 1.66. The number of fused-ring (bicyclic) bond motifs is 2. The van der Waals surface area contributed by atoms with Crippen molar-refractivity contribution in [3.8, 4) is 11.5 Å². The topological polar surface area (TPSA) is 69.0 Å². The SMILES string of the molecule is CCCCCOc1cccc(C2c3c(oc4ccc(Cl)cc4c3=O)C(=O)N2c2ccc(OC)cc2)c1. The molecule has 0 saturated carbocycles. The maximum absolute atomic E-state index is 13.8. The molecule has 1 aliphatic heterocycles. The Morgan fingerprint density at radius 1 is 0.972 bits per heavy atom. The van der Waals surface area contributed by atoms with Gasteiger partial charge >= 0.3 is 0 Å². The molecular weight excluding hydrogens is 478 g/mol. The van der Waals surface area contributed by atoms with Crippen molar-refractivity contribution in [2.45, 2.75) is 32.2 Å². The van der Waals surface area contributed by atoms with E-state index in [2.05, 4.69) is 6.92 Å². The summed E-state index contributed by atoms with van der Waals surface area (Å²) < 4.78 is 17.3. The normalized spacial score (nSPS) is 14.8. The van der Waals surface area contributed by atoms with Gasteiger partial charge in [0.15, 0.2) is 5.43 Å². The molecule has 1 atom stereocenters. The zero-order valence-corrected chi connectivity index (χ0v) is 20.9. The predicted molar refractivity (Wildman–Crippen MR) is 141 cm³/mol. The minimum Gasteiger partial charge on any atom is -0.497 e. The summed E-state index contributed by atoms with van der Waals surface area (Å²) in [5.74, 6) is 0.997. The fourth-order valence-electron chi connectivity index (χ4n) is 4.59. The smallest absolute Gasteiger partial charge is 0.295 e. The van der Waals surface area contributed by atoms with Gasteiger partial charge in [0.05, 0.1) is 30.7 Å². The van der Waals surface area contributed by atoms with Crippen LogP contribution < -0.4 is 19.8 Å². The molecule has 0 N–H and O–H groups in total. The monoisotopic (exact) mass is 503 g/mol. The van der Waals surface area contributed by atoms with Crippen LogP contribution in [0.15, 0.2) is 75.9 Å². The molecule has 184 valence electrons. The van der Waals surface area contributed by atoms with E-state index in [0.29, 0.717) is 39.8 Å². The highest BCUT2D eigenvalue weighted by Gasteiger charge is 2.43. The number of carbonyl (C=O) groups is 1. The highest BCUT2D eigenvalue weighted by atomic mass is 35.5. The van der Waals surface area contributed by atoms with Crippen LogP contribution in [0.1, 0.15) is 53.9 Å². The van der Waals surface area contributed by atoms with Crippen molar-refractivity contribution in [1.82, 2.24) is 0 Å². The molecule has 36 heavy (non-hydrogen) atoms. The van der Waals surface area contributed by atoms with Crippen LogP contribution in [0.4, 0.5) is 5.69 Å². The lowest BCUT2D eigenvalue weighted by molar-refractivity contribution is 0.0971. The molecule has 0 bridgehead atoms. The Kier molecular flexibility index (Phi) is 6.70. The zero-order valence-electron chi connectivity index (χ0n) is 20.1. The van der Waals surface area contributed by atoms with Crippen molar-refractivity contribution < 1.29 is 18.7 Å². The molecule has 2 heterocycles. The number of hydrogen-bond donors (Lipinski definition) is 0. The molecule has 0 radical (unpaired) electrons. The molecule has 7 heteroatoms. The van der Waals surface area contributed by atoms with Crippen LogP contribution in [0.25, 0.3) is 11.0 Å². The molecule has 0 fully saturated rings. The standard InChI is InChI=1S/C29H26ClNO5/c1-3-4-5-15-35-22-8-6-7-18(16-22)26-25-27(32)23-17-19(30)9-14-24(23)36-28(25)29(33)31(26)20-10-12-21(34-2)13-11-20/h6-14,16-17,26H,3-5,15H2,1-2H3. The Morgan fingerprint density at radius 2 is 1.78 bits per heavy atom. The fraction of sp³-hybridized carbons (Fsp3) is 0.241. The number of hydrogen-bond acceptors (Lipinski definition) is 5. The van der Waals surface area contributed by atoms with Gasteiger partial charge in [0.25, 0.3) is 5.91 Å². The third kappa shape index (κ3) is 4.33. The Hall–Kier alpha value is -3.77. The van der Waals surface area contributed by atoms with Crippen LogP contribution >= 0.6 is 11.6 Å². The highest BCUT2D eigenvalue weighted by molar-refractivity contribution is 6.31. The van der Waals surface area contributed by atoms with Crippen molar-refractivity contribution in [3.05, 3.63) is 98.9 Å². The van der Waals surface area contributed by atoms with Crippen LogP contribution in [0.3, 0.4) is 0 Å². The third-order valence-electron chi connectivity index (χ3n) is 6.37. The van der Waals surface area contributed by atoms with Gasteiger partial charge in [-0.25, -0.2) is 0 Å². The largest absolute Gasteiger partial charge is 0.497 e. The first kappa shape index (κ1) is 23.9. The highest BCUT2D eigenvalue weighted by Crippen LogP contribution is 2.42. The quantitative estimate of drug-likeness (QED) is 0.248. The number of benzene rings is 3. The summed E-state index contributed by atoms with van der Waals surface area (Å²) in [7, 11) is 1.58. The van der Waals surface area contributed by atoms with Crippen LogP contribution in [0.2, 0.25) is 5.02 Å². The van der Waals surface area contributed by atoms with E-state index in [1.54, 1.807) is 54.5 Å². The summed E-state index contributed by atoms with van der Waals surface area (Å²) in [6.45, 7) is 2.75. The molecule has 3 aromatic carbocycles. The first-order valence-corrected chi connectivity index (χ1v) is 12.4. The first-order chi connectivity index (χ1) is 17.5. The van der Waals surface area contributed by atoms with E-state index in [-0.39, 0.29) is 22.7 Å². The number of unbranched alkanes of at least 4 members (excludes halogenated alkanes) is 2. The molecule has 5 rings (SSSR count). The average Bonchev–Trinajstić information content (AvgIpc) is 3.19. The summed E-state index contributed by atoms with van der Waals surface area (Å²) in [5, 5.41) is 0.757. The van der Waals surface area contributed by atoms with Gasteiger partial charge in [-0.2, -0.15) is 0 Å². The number of methoxy groups -OCH3 is 1. The lowest BCUT2D eigenvalue weighted by atomic mass is 9.98. The van der Waals surface area contributed by atoms with Gasteiger partial charge in [-0.1, -0.05) is 43.5 Å². The molecule has 0 aliphatic carbocycles. The minimum absolute atomic E-state index is 0.0323. The molecule has 1 aliphatic rings. The molecule has 0 spiro atoms. The number of anilines is 1. The van der Waals surface area contributed by atoms with Gasteiger partial charge < -0.3 is 13.9 Å². The Bertz CT molecular complexity index is 1480. The first-order valence-electron chi connectivity index (χ1n) is 12.0. The predicted octanol–water partition coefficient (Wildman–Crippen LogP) is 6.77. The molecule has 6 nitrogen and oxygen atoms in total. The van der Waals surface area contributed by atoms with Crippen LogP contribution in [-0.4, -0.2) is 19.6 Å². The van der Waals surface area contributed by atoms with Crippen LogP contribution in [0.5, 0.6) is 11.5 Å². The van der Waals surface area contributed by atoms with E-state index >= 15 is 0 Å². The molecule has 0 saturated heterocycles. The Labute approximate surface area is 214 Å². The van der Waals surface area contributed by atoms with E-state index in [0.717, 1.165) is 24.8 Å². The third-order valence-corrected chi connectivity index (χ3v) is 6.61. The summed E-state index contributed by atoms with van der Waals surface area (Å²) >= 11 is 6.18. The van der Waals surface area contributed by atoms with E-state index in [9.17, 15) is 9.59 Å². The van der Waals surface area contributed by atoms with Crippen LogP contribution in [0, 0.1) is 0 Å². The van der Waals surface area contributed by atoms with Gasteiger partial charge in [0.2, 0.25) is 5.76 Å². The summed E-state index contributed by atoms with van der Waals surface area (Å²) in [5.41, 5.74) is 1.69. The van der Waals surface area contributed by atoms with E-state index in [4.69, 9.17) is 25.5 Å². The summed E-state index contributed by atoms with van der Waals surface area (Å²) in [4.78, 5) is 29.1. The van der Waals surface area contributed by atoms with Crippen molar-refractivity contribution in [2.24, 2.45) is 0 Å². The average molecular weight is 504 g/mol. The summed E-state index contributed by atoms with van der Waals surface area (Å²) in [6.07, 6.45) is 3.15. The second-order valence-corrected chi connectivity index (χ2v) is 9.15. The molecule has 1 aromatic heterocycles. The molecular formula is C29H26ClNO5. The van der Waals surface area contributed by atoms with Gasteiger partial charge in [-0.3, -0.25) is 14.5 Å². The second kappa shape index (κ2) is 10.1. The number of nitrogens with zero attached hydrogens (tertiary/aromatic N) is 1. The number of rotatable bonds is 8. The number of carbonyl (C=O) groups excluding carboxylic acids is 1. The zero-order chi connectivity index (χ0) is 25.2. The maximum atomic E-state index is 13.8. The lowest BCUT2D eigenvalue weighted by Gasteiger charge is -2.25. The lowest BCUT2D eigenvalue weighted by Crippen LogP contribution is -2.29. The second-order valence-electron chi connectivity index (χ2n) is 8.72. The molecule has 1 unspecified atom stereocenters. The van der Waals surface area contributed by atoms with Gasteiger partial charge in [0, 0.05) is 10.7 Å². The van der Waals surface area contributed by atoms with Gasteiger partial charge in [0.1, 0.15) is 17.1 Å². The number of halogens is 1. The van der Waals surface area contributed by atoms with E-state index < -0.39 is 6.04 Å². The number of amides is 1. The van der Waals surface area contributed by atoms with E-state index in [1.165, 1.54) is 0 Å². The number of ether oxygens (including phenoxy) is 2. The maximum Gasteiger partial charge on any atom is 0.295 e. The van der Waals surface area contributed by atoms with Gasteiger partial charge in [-0.15, -0.1) is 0 Å². The van der Waals surface area contributed by atoms with E-state index in [1.807, 2.05) is 24.3 Å². The van der Waals surface area contributed by atoms with Gasteiger partial charge in [-0.05, 0) is 66.6 Å². The fourth-order valence-corrected chi connectivity index (χ4v) is 4.76. The van der Waals surface area contributed by atoms with Crippen molar-refractivity contribution in [3.63, 3.8) is 0 Å². The van der Waals surface area contributed by atoms with Crippen molar-refractivity contribution in [1.29, 1.82) is 0 Å². The molecule has 4 aromatic rings. The minimum atomic E-state index is -0.695. The van der Waals surface area contributed by atoms with Crippen molar-refractivity contribution in [2.75, 3.05) is 18.6 Å². The van der Waals surface area contributed by atoms with Crippen LogP contribution in [-0.2, 0) is 0 Å². The Morgan fingerprint density at radius 3 is 2.53 bits per heavy atom. The summed E-state index contributed by atoms with van der Waals surface area (Å²) in [6, 6.07) is 18.8. The van der Waals surface area contributed by atoms with Crippen molar-refractivity contribution >= 4 is 34.2 Å². The molecule has 1 amide bonds.